The molecule has 0 fully saturated rings. The summed E-state index contributed by atoms with van der Waals surface area (Å²) in [4.78, 5) is 11.7. The van der Waals surface area contributed by atoms with E-state index in [0.29, 0.717) is 12.5 Å². The molecule has 0 saturated heterocycles. The molecule has 2 aromatic carbocycles. The number of allylic oxidation sites excluding steroid dienone is 1. The highest BCUT2D eigenvalue weighted by Crippen LogP contribution is 2.37. The average Bonchev–Trinajstić information content (AvgIpc) is 2.69. The Morgan fingerprint density at radius 1 is 1.03 bits per heavy atom. The van der Waals surface area contributed by atoms with Gasteiger partial charge in [-0.15, -0.1) is 0 Å². The maximum absolute atomic E-state index is 11.7. The molecule has 0 heterocycles. The molecule has 2 rings (SSSR count). The maximum atomic E-state index is 11.7. The molecule has 0 N–H and O–H groups in total. The van der Waals surface area contributed by atoms with Gasteiger partial charge in [0.15, 0.2) is 0 Å². The summed E-state index contributed by atoms with van der Waals surface area (Å²) in [6.07, 6.45) is 4.53. The SMILES string of the molecule is CCSC(=O)/C=C/C[C@H](C)CO[Si](c1ccccc1)(c1ccccc1)C(C)(C)C. The summed E-state index contributed by atoms with van der Waals surface area (Å²) in [7, 11) is -2.48. The Kier molecular flexibility index (Phi) is 8.94. The van der Waals surface area contributed by atoms with Crippen molar-refractivity contribution in [1.29, 1.82) is 0 Å². The summed E-state index contributed by atoms with van der Waals surface area (Å²) >= 11 is 1.35. The van der Waals surface area contributed by atoms with Crippen LogP contribution in [0.2, 0.25) is 5.04 Å². The number of benzene rings is 2. The molecule has 0 unspecified atom stereocenters. The quantitative estimate of drug-likeness (QED) is 0.395. The van der Waals surface area contributed by atoms with Crippen LogP contribution in [-0.2, 0) is 9.22 Å². The number of hydrogen-bond donors (Lipinski definition) is 0. The Morgan fingerprint density at radius 2 is 1.55 bits per heavy atom. The monoisotopic (exact) mass is 426 g/mol. The second-order valence-corrected chi connectivity index (χ2v) is 14.0. The van der Waals surface area contributed by atoms with Crippen LogP contribution in [0, 0.1) is 5.92 Å². The van der Waals surface area contributed by atoms with E-state index in [1.165, 1.54) is 22.1 Å². The molecular formula is C25H34O2SSi. The van der Waals surface area contributed by atoms with Crippen LogP contribution in [0.1, 0.15) is 41.0 Å². The minimum atomic E-state index is -2.48. The third kappa shape index (κ3) is 6.18. The summed E-state index contributed by atoms with van der Waals surface area (Å²) in [6, 6.07) is 21.4. The van der Waals surface area contributed by atoms with Gasteiger partial charge in [-0.05, 0) is 39.6 Å². The average molecular weight is 427 g/mol. The topological polar surface area (TPSA) is 26.3 Å². The first kappa shape index (κ1) is 23.7. The molecule has 0 aliphatic rings. The van der Waals surface area contributed by atoms with E-state index in [9.17, 15) is 4.79 Å². The Bertz CT molecular complexity index is 742. The second kappa shape index (κ2) is 11.0. The van der Waals surface area contributed by atoms with E-state index in [1.54, 1.807) is 6.08 Å². The molecule has 0 bridgehead atoms. The highest BCUT2D eigenvalue weighted by molar-refractivity contribution is 8.14. The molecular weight excluding hydrogens is 392 g/mol. The van der Waals surface area contributed by atoms with Gasteiger partial charge in [-0.3, -0.25) is 4.79 Å². The van der Waals surface area contributed by atoms with Gasteiger partial charge in [-0.25, -0.2) is 0 Å². The van der Waals surface area contributed by atoms with Gasteiger partial charge in [0.05, 0.1) is 0 Å². The van der Waals surface area contributed by atoms with E-state index < -0.39 is 8.32 Å². The summed E-state index contributed by atoms with van der Waals surface area (Å²) < 4.78 is 6.95. The normalized spacial score (nSPS) is 13.6. The van der Waals surface area contributed by atoms with Crippen molar-refractivity contribution in [3.63, 3.8) is 0 Å². The molecule has 2 aromatic rings. The first-order valence-electron chi connectivity index (χ1n) is 10.4. The van der Waals surface area contributed by atoms with Gasteiger partial charge in [-0.1, -0.05) is 113 Å². The van der Waals surface area contributed by atoms with Crippen molar-refractivity contribution in [2.75, 3.05) is 12.4 Å². The zero-order valence-corrected chi connectivity index (χ0v) is 20.2. The van der Waals surface area contributed by atoms with Gasteiger partial charge in [0, 0.05) is 6.61 Å². The maximum Gasteiger partial charge on any atom is 0.261 e. The fourth-order valence-corrected chi connectivity index (χ4v) is 8.85. The molecule has 0 aliphatic heterocycles. The first-order chi connectivity index (χ1) is 13.8. The Morgan fingerprint density at radius 3 is 2.00 bits per heavy atom. The second-order valence-electron chi connectivity index (χ2n) is 8.47. The third-order valence-corrected chi connectivity index (χ3v) is 10.8. The fraction of sp³-hybridized carbons (Fsp3) is 0.400. The third-order valence-electron chi connectivity index (χ3n) is 5.08. The zero-order valence-electron chi connectivity index (χ0n) is 18.4. The molecule has 0 amide bonds. The molecule has 1 atom stereocenters. The lowest BCUT2D eigenvalue weighted by atomic mass is 10.1. The van der Waals surface area contributed by atoms with Gasteiger partial charge in [0.1, 0.15) is 0 Å². The number of thioether (sulfide) groups is 1. The predicted octanol–water partition coefficient (Wildman–Crippen LogP) is 5.43. The number of rotatable bonds is 9. The summed E-state index contributed by atoms with van der Waals surface area (Å²) in [5, 5.41) is 2.72. The van der Waals surface area contributed by atoms with Crippen LogP contribution >= 0.6 is 11.8 Å². The summed E-state index contributed by atoms with van der Waals surface area (Å²) in [5.41, 5.74) is 0. The standard InChI is InChI=1S/C25H34O2SSi/c1-6-28-24(26)19-13-14-21(2)20-27-29(25(3,4)5,22-15-9-7-10-16-22)23-17-11-8-12-18-23/h7-13,15-19,21H,6,14,20H2,1-5H3/b19-13+/t21-/m0/s1. The lowest BCUT2D eigenvalue weighted by Gasteiger charge is -2.43. The first-order valence-corrected chi connectivity index (χ1v) is 13.3. The number of hydrogen-bond acceptors (Lipinski definition) is 3. The van der Waals surface area contributed by atoms with Crippen LogP contribution in [0.25, 0.3) is 0 Å². The van der Waals surface area contributed by atoms with Crippen LogP contribution in [0.3, 0.4) is 0 Å². The molecule has 0 saturated carbocycles. The van der Waals surface area contributed by atoms with Crippen LogP contribution in [0.4, 0.5) is 0 Å². The largest absolute Gasteiger partial charge is 0.407 e. The van der Waals surface area contributed by atoms with Gasteiger partial charge in [0.25, 0.3) is 8.32 Å². The van der Waals surface area contributed by atoms with Gasteiger partial charge in [0.2, 0.25) is 5.12 Å². The van der Waals surface area contributed by atoms with E-state index in [0.717, 1.165) is 12.2 Å². The van der Waals surface area contributed by atoms with Gasteiger partial charge < -0.3 is 4.43 Å². The molecule has 2 nitrogen and oxygen atoms in total. The van der Waals surface area contributed by atoms with Crippen molar-refractivity contribution in [2.45, 2.75) is 46.1 Å². The minimum Gasteiger partial charge on any atom is -0.407 e. The molecule has 4 heteroatoms. The summed E-state index contributed by atoms with van der Waals surface area (Å²) in [6.45, 7) is 11.8. The fourth-order valence-electron chi connectivity index (χ4n) is 3.68. The highest BCUT2D eigenvalue weighted by atomic mass is 32.2. The zero-order chi connectivity index (χ0) is 21.3. The van der Waals surface area contributed by atoms with E-state index >= 15 is 0 Å². The van der Waals surface area contributed by atoms with Gasteiger partial charge in [-0.2, -0.15) is 0 Å². The van der Waals surface area contributed by atoms with Crippen molar-refractivity contribution in [2.24, 2.45) is 5.92 Å². The van der Waals surface area contributed by atoms with E-state index in [4.69, 9.17) is 4.43 Å². The van der Waals surface area contributed by atoms with Crippen LogP contribution in [-0.4, -0.2) is 25.8 Å². The van der Waals surface area contributed by atoms with Gasteiger partial charge >= 0.3 is 0 Å². The van der Waals surface area contributed by atoms with E-state index in [2.05, 4.69) is 88.4 Å². The van der Waals surface area contributed by atoms with E-state index in [1.807, 2.05) is 13.0 Å². The molecule has 0 aromatic heterocycles. The smallest absolute Gasteiger partial charge is 0.261 e. The van der Waals surface area contributed by atoms with Crippen LogP contribution in [0.15, 0.2) is 72.8 Å². The summed E-state index contributed by atoms with van der Waals surface area (Å²) in [5.74, 6) is 1.16. The Labute approximate surface area is 181 Å². The van der Waals surface area contributed by atoms with Crippen molar-refractivity contribution >= 4 is 35.6 Å². The minimum absolute atomic E-state index is 0.0149. The number of carbonyl (C=O) groups excluding carboxylic acids is 1. The van der Waals surface area contributed by atoms with Crippen molar-refractivity contribution in [1.82, 2.24) is 0 Å². The lowest BCUT2D eigenvalue weighted by molar-refractivity contribution is -0.107. The van der Waals surface area contributed by atoms with Crippen molar-refractivity contribution in [3.8, 4) is 0 Å². The Hall–Kier alpha value is -1.62. The molecule has 0 radical (unpaired) electrons. The molecule has 156 valence electrons. The predicted molar refractivity (Wildman–Crippen MR) is 130 cm³/mol. The van der Waals surface area contributed by atoms with Crippen molar-refractivity contribution in [3.05, 3.63) is 72.8 Å². The highest BCUT2D eigenvalue weighted by Gasteiger charge is 2.50. The number of carbonyl (C=O) groups is 1. The van der Waals surface area contributed by atoms with Crippen molar-refractivity contribution < 1.29 is 9.22 Å². The molecule has 0 spiro atoms. The van der Waals surface area contributed by atoms with Crippen LogP contribution < -0.4 is 10.4 Å². The lowest BCUT2D eigenvalue weighted by Crippen LogP contribution is -2.66. The molecule has 29 heavy (non-hydrogen) atoms. The van der Waals surface area contributed by atoms with E-state index in [-0.39, 0.29) is 10.2 Å². The Balaban J connectivity index is 2.28. The van der Waals surface area contributed by atoms with Crippen LogP contribution in [0.5, 0.6) is 0 Å². The molecule has 0 aliphatic carbocycles.